The number of rotatable bonds is 4. The quantitative estimate of drug-likeness (QED) is 0.583. The molecular weight excluding hydrogens is 195 g/mol. The molecule has 0 unspecified atom stereocenters. The molecule has 0 radical (unpaired) electrons. The van der Waals surface area contributed by atoms with Crippen LogP contribution in [0.5, 0.6) is 0 Å². The highest BCUT2D eigenvalue weighted by Gasteiger charge is 2.52. The van der Waals surface area contributed by atoms with E-state index in [0.717, 1.165) is 0 Å². The van der Waals surface area contributed by atoms with Gasteiger partial charge in [0.25, 0.3) is 0 Å². The largest absolute Gasteiger partial charge is 0.790 e. The summed E-state index contributed by atoms with van der Waals surface area (Å²) in [5.74, 6) is -0.617. The highest BCUT2D eigenvalue weighted by Crippen LogP contribution is 2.49. The van der Waals surface area contributed by atoms with Gasteiger partial charge in [-0.3, -0.25) is 4.79 Å². The molecule has 0 heterocycles. The molecule has 13 heavy (non-hydrogen) atoms. The van der Waals surface area contributed by atoms with Gasteiger partial charge in [0.2, 0.25) is 0 Å². The van der Waals surface area contributed by atoms with E-state index in [1.807, 2.05) is 0 Å². The molecule has 1 aliphatic carbocycles. The van der Waals surface area contributed by atoms with Gasteiger partial charge in [-0.15, -0.1) is 0 Å². The van der Waals surface area contributed by atoms with Crippen molar-refractivity contribution >= 4 is 13.6 Å². The summed E-state index contributed by atoms with van der Waals surface area (Å²) in [6, 6.07) is 0. The van der Waals surface area contributed by atoms with Gasteiger partial charge in [0.1, 0.15) is 5.60 Å². The van der Waals surface area contributed by atoms with Gasteiger partial charge in [-0.05, 0) is 12.8 Å². The number of hydrogen-bond acceptors (Lipinski definition) is 5. The molecule has 0 aromatic carbocycles. The summed E-state index contributed by atoms with van der Waals surface area (Å²) >= 11 is 0. The monoisotopic (exact) mass is 206 g/mol. The van der Waals surface area contributed by atoms with Crippen molar-refractivity contribution in [2.45, 2.75) is 32.3 Å². The second-order valence-corrected chi connectivity index (χ2v) is 4.63. The average Bonchev–Trinajstić information content (AvgIpc) is 2.64. The Morgan fingerprint density at radius 2 is 1.92 bits per heavy atom. The Balaban J connectivity index is 2.68. The number of carbonyl (C=O) groups is 1. The van der Waals surface area contributed by atoms with E-state index in [4.69, 9.17) is 0 Å². The first-order valence-electron chi connectivity index (χ1n) is 4.04. The Hall–Kier alpha value is -0.220. The summed E-state index contributed by atoms with van der Waals surface area (Å²) < 4.78 is 14.6. The Morgan fingerprint density at radius 3 is 2.15 bits per heavy atom. The summed E-state index contributed by atoms with van der Waals surface area (Å²) in [6.45, 7) is 3.29. The normalized spacial score (nSPS) is 20.4. The highest BCUT2D eigenvalue weighted by atomic mass is 31.2. The van der Waals surface area contributed by atoms with Gasteiger partial charge in [-0.1, -0.05) is 13.8 Å². The van der Waals surface area contributed by atoms with Crippen molar-refractivity contribution in [3.05, 3.63) is 0 Å². The minimum absolute atomic E-state index is 0.306. The van der Waals surface area contributed by atoms with E-state index in [2.05, 4.69) is 4.52 Å². The summed E-state index contributed by atoms with van der Waals surface area (Å²) in [4.78, 5) is 32.0. The van der Waals surface area contributed by atoms with Gasteiger partial charge in [-0.2, -0.15) is 0 Å². The van der Waals surface area contributed by atoms with Crippen molar-refractivity contribution in [2.24, 2.45) is 5.92 Å². The fourth-order valence-corrected chi connectivity index (χ4v) is 1.94. The molecule has 0 saturated heterocycles. The van der Waals surface area contributed by atoms with Gasteiger partial charge in [-0.25, -0.2) is 0 Å². The number of phosphoric ester groups is 1. The second-order valence-electron chi connectivity index (χ2n) is 3.55. The molecule has 0 spiro atoms. The third-order valence-electron chi connectivity index (χ3n) is 1.96. The zero-order valence-corrected chi connectivity index (χ0v) is 8.37. The van der Waals surface area contributed by atoms with Crippen molar-refractivity contribution in [1.82, 2.24) is 0 Å². The van der Waals surface area contributed by atoms with Crippen molar-refractivity contribution < 1.29 is 23.7 Å². The fraction of sp³-hybridized carbons (Fsp3) is 0.857. The molecule has 0 N–H and O–H groups in total. The maximum absolute atomic E-state index is 11.4. The van der Waals surface area contributed by atoms with Gasteiger partial charge in [0.15, 0.2) is 5.78 Å². The molecule has 1 aliphatic rings. The lowest BCUT2D eigenvalue weighted by molar-refractivity contribution is -0.345. The average molecular weight is 206 g/mol. The van der Waals surface area contributed by atoms with E-state index >= 15 is 0 Å². The lowest BCUT2D eigenvalue weighted by atomic mass is 10.0. The van der Waals surface area contributed by atoms with Crippen LogP contribution in [0.3, 0.4) is 0 Å². The summed E-state index contributed by atoms with van der Waals surface area (Å²) in [7, 11) is -5.04. The van der Waals surface area contributed by atoms with Crippen LogP contribution in [0.4, 0.5) is 0 Å². The van der Waals surface area contributed by atoms with Crippen molar-refractivity contribution in [3.63, 3.8) is 0 Å². The molecule has 1 rings (SSSR count). The van der Waals surface area contributed by atoms with Gasteiger partial charge in [0.05, 0.1) is 7.82 Å². The summed E-state index contributed by atoms with van der Waals surface area (Å²) in [5.41, 5.74) is -1.31. The van der Waals surface area contributed by atoms with Crippen LogP contribution in [0, 0.1) is 5.92 Å². The third kappa shape index (κ3) is 2.61. The molecule has 0 amide bonds. The lowest BCUT2D eigenvalue weighted by Gasteiger charge is -2.33. The van der Waals surface area contributed by atoms with Crippen LogP contribution in [-0.2, 0) is 13.9 Å². The van der Waals surface area contributed by atoms with E-state index in [0.29, 0.717) is 12.8 Å². The number of carbonyl (C=O) groups excluding carboxylic acids is 1. The third-order valence-corrected chi connectivity index (χ3v) is 2.54. The first-order chi connectivity index (χ1) is 5.77. The zero-order chi connectivity index (χ0) is 10.3. The summed E-state index contributed by atoms with van der Waals surface area (Å²) in [5, 5.41) is 0. The van der Waals surface area contributed by atoms with Crippen molar-refractivity contribution in [3.8, 4) is 0 Å². The molecule has 1 saturated carbocycles. The maximum Gasteiger partial charge on any atom is 0.167 e. The van der Waals surface area contributed by atoms with Gasteiger partial charge >= 0.3 is 0 Å². The van der Waals surface area contributed by atoms with Crippen molar-refractivity contribution in [2.75, 3.05) is 0 Å². The first-order valence-corrected chi connectivity index (χ1v) is 5.50. The predicted molar refractivity (Wildman–Crippen MR) is 40.5 cm³/mol. The van der Waals surface area contributed by atoms with E-state index in [1.165, 1.54) is 0 Å². The molecule has 0 aromatic heterocycles. The first kappa shape index (κ1) is 10.9. The topological polar surface area (TPSA) is 89.5 Å². The van der Waals surface area contributed by atoms with Crippen LogP contribution < -0.4 is 9.79 Å². The minimum atomic E-state index is -5.04. The van der Waals surface area contributed by atoms with Gasteiger partial charge < -0.3 is 18.9 Å². The Kier molecular flexibility index (Phi) is 2.65. The zero-order valence-electron chi connectivity index (χ0n) is 7.48. The number of Topliss-reactive ketones (excluding diaryl/α,β-unsaturated/α-hetero) is 1. The minimum Gasteiger partial charge on any atom is -0.790 e. The number of phosphoric acid groups is 1. The van der Waals surface area contributed by atoms with Crippen molar-refractivity contribution in [1.29, 1.82) is 0 Å². The summed E-state index contributed by atoms with van der Waals surface area (Å²) in [6.07, 6.45) is 0.664. The molecule has 0 aliphatic heterocycles. The van der Waals surface area contributed by atoms with Crippen LogP contribution in [0.2, 0.25) is 0 Å². The second kappa shape index (κ2) is 3.17. The maximum atomic E-state index is 11.4. The Labute approximate surface area is 76.3 Å². The molecule has 76 valence electrons. The predicted octanol–water partition coefficient (Wildman–Crippen LogP) is -0.411. The SMILES string of the molecule is CC(C)C(=O)C1(OP(=O)([O-])[O-])CC1. The fourth-order valence-electron chi connectivity index (χ4n) is 1.24. The smallest absolute Gasteiger partial charge is 0.167 e. The highest BCUT2D eigenvalue weighted by molar-refractivity contribution is 7.43. The molecular formula is C7H11O5P-2. The Morgan fingerprint density at radius 1 is 1.46 bits per heavy atom. The van der Waals surface area contributed by atoms with Crippen LogP contribution in [-0.4, -0.2) is 11.4 Å². The molecule has 5 nitrogen and oxygen atoms in total. The van der Waals surface area contributed by atoms with Crippen LogP contribution in [0.25, 0.3) is 0 Å². The molecule has 6 heteroatoms. The molecule has 0 aromatic rings. The van der Waals surface area contributed by atoms with E-state index in [1.54, 1.807) is 13.8 Å². The molecule has 0 atom stereocenters. The molecule has 1 fully saturated rings. The van der Waals surface area contributed by atoms with Crippen LogP contribution in [0.1, 0.15) is 26.7 Å². The number of ketones is 1. The van der Waals surface area contributed by atoms with Gasteiger partial charge in [0, 0.05) is 5.92 Å². The van der Waals surface area contributed by atoms with Crippen LogP contribution >= 0.6 is 7.82 Å². The van der Waals surface area contributed by atoms with E-state index in [9.17, 15) is 19.1 Å². The lowest BCUT2D eigenvalue weighted by Crippen LogP contribution is -2.33. The molecule has 0 bridgehead atoms. The van der Waals surface area contributed by atoms with E-state index in [-0.39, 0.29) is 11.7 Å². The van der Waals surface area contributed by atoms with Crippen LogP contribution in [0.15, 0.2) is 0 Å². The van der Waals surface area contributed by atoms with E-state index < -0.39 is 13.4 Å². The number of hydrogen-bond donors (Lipinski definition) is 0. The Bertz CT molecular complexity index is 262. The standard InChI is InChI=1S/C7H13O5P/c1-5(2)6(8)7(3-4-7)12-13(9,10)11/h5H,3-4H2,1-2H3,(H2,9,10,11)/p-2.